The van der Waals surface area contributed by atoms with E-state index in [2.05, 4.69) is 4.90 Å². The summed E-state index contributed by atoms with van der Waals surface area (Å²) in [4.78, 5) is 12.6. The first-order valence-corrected chi connectivity index (χ1v) is 5.84. The van der Waals surface area contributed by atoms with Gasteiger partial charge in [0, 0.05) is 25.2 Å². The molecule has 0 heterocycles. The van der Waals surface area contributed by atoms with E-state index >= 15 is 0 Å². The number of rotatable bonds is 7. The van der Waals surface area contributed by atoms with Crippen molar-refractivity contribution in [3.8, 4) is 0 Å². The van der Waals surface area contributed by atoms with Crippen LogP contribution in [0, 0.1) is 0 Å². The smallest absolute Gasteiger partial charge is 0.303 e. The fraction of sp³-hybridized carbons (Fsp3) is 0.462. The van der Waals surface area contributed by atoms with E-state index in [1.807, 2.05) is 31.2 Å². The predicted octanol–water partition coefficient (Wildman–Crippen LogP) is 1.52. The fourth-order valence-corrected chi connectivity index (χ4v) is 1.75. The molecular weight excluding hydrogens is 218 g/mol. The molecule has 0 saturated heterocycles. The second-order valence-corrected chi connectivity index (χ2v) is 3.87. The molecule has 0 fully saturated rings. The number of aryl methyl sites for hydroxylation is 1. The monoisotopic (exact) mass is 237 g/mol. The molecule has 1 aromatic rings. The average molecular weight is 237 g/mol. The molecule has 0 aliphatic rings. The van der Waals surface area contributed by atoms with Crippen molar-refractivity contribution in [2.45, 2.75) is 19.8 Å². The van der Waals surface area contributed by atoms with Crippen LogP contribution in [0.2, 0.25) is 0 Å². The summed E-state index contributed by atoms with van der Waals surface area (Å²) in [6, 6.07) is 7.82. The number of hydrogen-bond acceptors (Lipinski definition) is 3. The van der Waals surface area contributed by atoms with Crippen molar-refractivity contribution in [1.29, 1.82) is 0 Å². The Hall–Kier alpha value is -1.55. The lowest BCUT2D eigenvalue weighted by atomic mass is 10.1. The SMILES string of the molecule is CCN(CCO)c1cccc(CCC(=O)O)c1. The number of aliphatic carboxylic acids is 1. The summed E-state index contributed by atoms with van der Waals surface area (Å²) in [5.41, 5.74) is 2.05. The van der Waals surface area contributed by atoms with Gasteiger partial charge in [-0.15, -0.1) is 0 Å². The van der Waals surface area contributed by atoms with E-state index in [0.29, 0.717) is 13.0 Å². The van der Waals surface area contributed by atoms with Gasteiger partial charge in [-0.2, -0.15) is 0 Å². The Morgan fingerprint density at radius 1 is 1.41 bits per heavy atom. The minimum absolute atomic E-state index is 0.118. The highest BCUT2D eigenvalue weighted by molar-refractivity contribution is 5.67. The van der Waals surface area contributed by atoms with Crippen molar-refractivity contribution in [1.82, 2.24) is 0 Å². The molecule has 2 N–H and O–H groups in total. The number of likely N-dealkylation sites (N-methyl/N-ethyl adjacent to an activating group) is 1. The second kappa shape index (κ2) is 6.91. The van der Waals surface area contributed by atoms with Gasteiger partial charge in [0.1, 0.15) is 0 Å². The lowest BCUT2D eigenvalue weighted by molar-refractivity contribution is -0.136. The van der Waals surface area contributed by atoms with Crippen LogP contribution in [-0.4, -0.2) is 35.9 Å². The van der Waals surface area contributed by atoms with Gasteiger partial charge < -0.3 is 15.1 Å². The van der Waals surface area contributed by atoms with Crippen molar-refractivity contribution < 1.29 is 15.0 Å². The van der Waals surface area contributed by atoms with Crippen LogP contribution in [0.1, 0.15) is 18.9 Å². The van der Waals surface area contributed by atoms with Gasteiger partial charge in [-0.3, -0.25) is 4.79 Å². The number of carboxylic acids is 1. The normalized spacial score (nSPS) is 10.2. The molecule has 1 rings (SSSR count). The van der Waals surface area contributed by atoms with Gasteiger partial charge in [0.15, 0.2) is 0 Å². The standard InChI is InChI=1S/C13H19NO3/c1-2-14(8-9-15)12-5-3-4-11(10-12)6-7-13(16)17/h3-5,10,15H,2,6-9H2,1H3,(H,16,17). The molecule has 0 aliphatic carbocycles. The maximum absolute atomic E-state index is 10.5. The Balaban J connectivity index is 2.73. The van der Waals surface area contributed by atoms with Gasteiger partial charge in [0.2, 0.25) is 0 Å². The van der Waals surface area contributed by atoms with E-state index in [4.69, 9.17) is 10.2 Å². The number of carboxylic acid groups (broad SMARTS) is 1. The number of benzene rings is 1. The first-order valence-electron chi connectivity index (χ1n) is 5.84. The molecule has 0 amide bonds. The van der Waals surface area contributed by atoms with Gasteiger partial charge in [-0.05, 0) is 31.0 Å². The van der Waals surface area contributed by atoms with Crippen LogP contribution in [0.5, 0.6) is 0 Å². The predicted molar refractivity (Wildman–Crippen MR) is 67.4 cm³/mol. The number of carbonyl (C=O) groups is 1. The van der Waals surface area contributed by atoms with Crippen molar-refractivity contribution >= 4 is 11.7 Å². The highest BCUT2D eigenvalue weighted by Crippen LogP contribution is 2.16. The van der Waals surface area contributed by atoms with Gasteiger partial charge in [-0.1, -0.05) is 12.1 Å². The zero-order valence-corrected chi connectivity index (χ0v) is 10.1. The van der Waals surface area contributed by atoms with Gasteiger partial charge >= 0.3 is 5.97 Å². The maximum Gasteiger partial charge on any atom is 0.303 e. The molecule has 17 heavy (non-hydrogen) atoms. The molecule has 0 unspecified atom stereocenters. The minimum Gasteiger partial charge on any atom is -0.481 e. The van der Waals surface area contributed by atoms with E-state index in [0.717, 1.165) is 17.8 Å². The molecule has 0 aliphatic heterocycles. The summed E-state index contributed by atoms with van der Waals surface area (Å²) >= 11 is 0. The third-order valence-corrected chi connectivity index (χ3v) is 2.65. The van der Waals surface area contributed by atoms with Gasteiger partial charge in [0.05, 0.1) is 6.61 Å². The van der Waals surface area contributed by atoms with Crippen molar-refractivity contribution in [2.75, 3.05) is 24.6 Å². The lowest BCUT2D eigenvalue weighted by Crippen LogP contribution is -2.26. The lowest BCUT2D eigenvalue weighted by Gasteiger charge is -2.22. The molecule has 94 valence electrons. The highest BCUT2D eigenvalue weighted by Gasteiger charge is 2.05. The first kappa shape index (κ1) is 13.5. The zero-order valence-electron chi connectivity index (χ0n) is 10.1. The second-order valence-electron chi connectivity index (χ2n) is 3.87. The summed E-state index contributed by atoms with van der Waals surface area (Å²) in [5, 5.41) is 17.6. The maximum atomic E-state index is 10.5. The largest absolute Gasteiger partial charge is 0.481 e. The number of hydrogen-bond donors (Lipinski definition) is 2. The zero-order chi connectivity index (χ0) is 12.7. The summed E-state index contributed by atoms with van der Waals surface area (Å²) in [5.74, 6) is -0.780. The van der Waals surface area contributed by atoms with Crippen LogP contribution in [-0.2, 0) is 11.2 Å². The van der Waals surface area contributed by atoms with Crippen molar-refractivity contribution in [3.63, 3.8) is 0 Å². The third-order valence-electron chi connectivity index (χ3n) is 2.65. The topological polar surface area (TPSA) is 60.8 Å². The molecule has 0 aromatic heterocycles. The van der Waals surface area contributed by atoms with Crippen molar-refractivity contribution in [3.05, 3.63) is 29.8 Å². The summed E-state index contributed by atoms with van der Waals surface area (Å²) in [7, 11) is 0. The number of aliphatic hydroxyl groups is 1. The van der Waals surface area contributed by atoms with Crippen LogP contribution in [0.3, 0.4) is 0 Å². The van der Waals surface area contributed by atoms with Crippen molar-refractivity contribution in [2.24, 2.45) is 0 Å². The van der Waals surface area contributed by atoms with Crippen LogP contribution in [0.4, 0.5) is 5.69 Å². The highest BCUT2D eigenvalue weighted by atomic mass is 16.4. The number of nitrogens with zero attached hydrogens (tertiary/aromatic N) is 1. The van der Waals surface area contributed by atoms with Crippen LogP contribution in [0.15, 0.2) is 24.3 Å². The number of aliphatic hydroxyl groups excluding tert-OH is 1. The Bertz CT molecular complexity index is 365. The Labute approximate surface area is 101 Å². The molecule has 0 spiro atoms. The molecule has 0 atom stereocenters. The van der Waals surface area contributed by atoms with E-state index in [9.17, 15) is 4.79 Å². The van der Waals surface area contributed by atoms with Crippen LogP contribution >= 0.6 is 0 Å². The molecular formula is C13H19NO3. The molecule has 1 aromatic carbocycles. The summed E-state index contributed by atoms with van der Waals surface area (Å²) < 4.78 is 0. The average Bonchev–Trinajstić information content (AvgIpc) is 2.34. The number of anilines is 1. The Kier molecular flexibility index (Phi) is 5.49. The summed E-state index contributed by atoms with van der Waals surface area (Å²) in [6.07, 6.45) is 0.690. The molecule has 0 bridgehead atoms. The first-order chi connectivity index (χ1) is 8.17. The van der Waals surface area contributed by atoms with E-state index in [-0.39, 0.29) is 13.0 Å². The summed E-state index contributed by atoms with van der Waals surface area (Å²) in [6.45, 7) is 3.56. The van der Waals surface area contributed by atoms with Gasteiger partial charge in [0.25, 0.3) is 0 Å². The molecule has 0 saturated carbocycles. The Morgan fingerprint density at radius 2 is 2.18 bits per heavy atom. The fourth-order valence-electron chi connectivity index (χ4n) is 1.75. The van der Waals surface area contributed by atoms with Crippen LogP contribution in [0.25, 0.3) is 0 Å². The third kappa shape index (κ3) is 4.44. The molecule has 4 heteroatoms. The van der Waals surface area contributed by atoms with Gasteiger partial charge in [-0.25, -0.2) is 0 Å². The van der Waals surface area contributed by atoms with Crippen LogP contribution < -0.4 is 4.90 Å². The minimum atomic E-state index is -0.780. The van der Waals surface area contributed by atoms with E-state index < -0.39 is 5.97 Å². The van der Waals surface area contributed by atoms with E-state index in [1.54, 1.807) is 0 Å². The quantitative estimate of drug-likeness (QED) is 0.755. The Morgan fingerprint density at radius 3 is 2.76 bits per heavy atom. The van der Waals surface area contributed by atoms with E-state index in [1.165, 1.54) is 0 Å². The molecule has 4 nitrogen and oxygen atoms in total. The molecule has 0 radical (unpaired) electrons.